The van der Waals surface area contributed by atoms with Crippen molar-refractivity contribution < 1.29 is 20.3 Å². The van der Waals surface area contributed by atoms with Crippen LogP contribution in [0.1, 0.15) is 19.4 Å². The summed E-state index contributed by atoms with van der Waals surface area (Å²) in [4.78, 5) is 10.9. The molecule has 0 aliphatic heterocycles. The van der Waals surface area contributed by atoms with E-state index in [2.05, 4.69) is 0 Å². The van der Waals surface area contributed by atoms with E-state index in [1.165, 1.54) is 24.3 Å². The van der Waals surface area contributed by atoms with Crippen LogP contribution < -0.4 is 5.23 Å². The lowest BCUT2D eigenvalue weighted by atomic mass is 9.85. The van der Waals surface area contributed by atoms with Gasteiger partial charge in [-0.05, 0) is 19.4 Å². The van der Waals surface area contributed by atoms with Crippen LogP contribution in [0.3, 0.4) is 0 Å². The fraction of sp³-hybridized carbons (Fsp3) is 0.300. The van der Waals surface area contributed by atoms with Crippen LogP contribution >= 0.6 is 0 Å². The Morgan fingerprint density at radius 1 is 1.33 bits per heavy atom. The van der Waals surface area contributed by atoms with E-state index in [9.17, 15) is 10.0 Å². The zero-order valence-corrected chi connectivity index (χ0v) is 8.52. The molecular weight excluding hydrogens is 198 g/mol. The van der Waals surface area contributed by atoms with Crippen molar-refractivity contribution in [1.29, 1.82) is 0 Å². The molecule has 0 radical (unpaired) electrons. The molecule has 0 amide bonds. The molecule has 5 heteroatoms. The molecular formula is C10H13NO4. The van der Waals surface area contributed by atoms with Gasteiger partial charge in [-0.2, -0.15) is 5.23 Å². The fourth-order valence-corrected chi connectivity index (χ4v) is 1.15. The Morgan fingerprint density at radius 2 is 1.80 bits per heavy atom. The molecule has 0 aromatic heterocycles. The van der Waals surface area contributed by atoms with Crippen molar-refractivity contribution in [2.45, 2.75) is 19.3 Å². The first kappa shape index (κ1) is 11.6. The number of nitrogens with one attached hydrogen (secondary N) is 1. The van der Waals surface area contributed by atoms with Crippen molar-refractivity contribution in [2.24, 2.45) is 0 Å². The van der Waals surface area contributed by atoms with Crippen LogP contribution in [0.15, 0.2) is 24.3 Å². The molecule has 3 N–H and O–H groups in total. The number of benzene rings is 1. The van der Waals surface area contributed by atoms with Gasteiger partial charge >= 0.3 is 5.97 Å². The molecule has 0 bridgehead atoms. The van der Waals surface area contributed by atoms with E-state index in [0.717, 1.165) is 0 Å². The van der Waals surface area contributed by atoms with Crippen LogP contribution in [-0.4, -0.2) is 16.3 Å². The molecule has 82 valence electrons. The minimum atomic E-state index is -1.02. The maximum Gasteiger partial charge on any atom is 0.313 e. The first-order chi connectivity index (χ1) is 6.85. The van der Waals surface area contributed by atoms with Crippen molar-refractivity contribution >= 4 is 11.7 Å². The predicted molar refractivity (Wildman–Crippen MR) is 52.9 cm³/mol. The summed E-state index contributed by atoms with van der Waals surface area (Å²) in [6.45, 7) is 3.15. The summed E-state index contributed by atoms with van der Waals surface area (Å²) in [5.74, 6) is -0.939. The smallest absolute Gasteiger partial charge is 0.313 e. The van der Waals surface area contributed by atoms with Crippen LogP contribution in [0.4, 0.5) is 5.69 Å². The normalized spacial score (nSPS) is 13.6. The molecule has 0 fully saturated rings. The standard InChI is InChI=1S/C10H13NO4/c1-10(2,9(12)13)7-3-5-8(6-4-7)11(14)15/h3-6,11,14H,1-2H3,(H,12,13). The molecule has 1 atom stereocenters. The van der Waals surface area contributed by atoms with Crippen LogP contribution in [0.2, 0.25) is 0 Å². The third-order valence-electron chi connectivity index (χ3n) is 2.39. The average molecular weight is 211 g/mol. The molecule has 1 aromatic rings. The number of carboxylic acid groups (broad SMARTS) is 1. The molecule has 0 aliphatic carbocycles. The summed E-state index contributed by atoms with van der Waals surface area (Å²) in [5, 5.41) is 27.2. The van der Waals surface area contributed by atoms with Gasteiger partial charge in [-0.3, -0.25) is 4.79 Å². The van der Waals surface area contributed by atoms with Crippen LogP contribution in [0.25, 0.3) is 0 Å². The lowest BCUT2D eigenvalue weighted by Gasteiger charge is -2.20. The highest BCUT2D eigenvalue weighted by Gasteiger charge is 2.29. The molecule has 1 unspecified atom stereocenters. The molecule has 5 nitrogen and oxygen atoms in total. The molecule has 0 saturated carbocycles. The number of hydrogen-bond donors (Lipinski definition) is 3. The third-order valence-corrected chi connectivity index (χ3v) is 2.39. The Labute approximate surface area is 87.1 Å². The zero-order valence-electron chi connectivity index (χ0n) is 8.52. The summed E-state index contributed by atoms with van der Waals surface area (Å²) in [6.07, 6.45) is 0. The van der Waals surface area contributed by atoms with E-state index in [4.69, 9.17) is 10.3 Å². The van der Waals surface area contributed by atoms with Crippen molar-refractivity contribution in [3.63, 3.8) is 0 Å². The topological polar surface area (TPSA) is 85.0 Å². The fourth-order valence-electron chi connectivity index (χ4n) is 1.15. The summed E-state index contributed by atoms with van der Waals surface area (Å²) in [7, 11) is 0. The van der Waals surface area contributed by atoms with Crippen molar-refractivity contribution in [2.75, 3.05) is 0 Å². The van der Waals surface area contributed by atoms with E-state index in [1.807, 2.05) is 0 Å². The van der Waals surface area contributed by atoms with Gasteiger partial charge in [-0.25, -0.2) is 5.21 Å². The number of quaternary nitrogens is 1. The maximum absolute atomic E-state index is 10.9. The van der Waals surface area contributed by atoms with E-state index < -0.39 is 16.6 Å². The van der Waals surface area contributed by atoms with Gasteiger partial charge in [0.1, 0.15) is 0 Å². The Morgan fingerprint density at radius 3 is 2.13 bits per heavy atom. The van der Waals surface area contributed by atoms with Crippen LogP contribution in [0.5, 0.6) is 0 Å². The molecule has 0 heterocycles. The van der Waals surface area contributed by atoms with Gasteiger partial charge in [0.05, 0.1) is 5.41 Å². The first-order valence-electron chi connectivity index (χ1n) is 4.43. The van der Waals surface area contributed by atoms with Gasteiger partial charge in [0, 0.05) is 12.1 Å². The largest absolute Gasteiger partial charge is 0.595 e. The predicted octanol–water partition coefficient (Wildman–Crippen LogP) is 0.452. The number of hydrogen-bond acceptors (Lipinski definition) is 3. The quantitative estimate of drug-likeness (QED) is 0.634. The van der Waals surface area contributed by atoms with Crippen molar-refractivity contribution in [3.8, 4) is 0 Å². The summed E-state index contributed by atoms with van der Waals surface area (Å²) < 4.78 is 0. The van der Waals surface area contributed by atoms with Crippen molar-refractivity contribution in [3.05, 3.63) is 35.0 Å². The Hall–Kier alpha value is -1.43. The number of aliphatic carboxylic acids is 1. The highest BCUT2D eigenvalue weighted by atomic mass is 16.8. The molecule has 1 aromatic carbocycles. The monoisotopic (exact) mass is 211 g/mol. The minimum Gasteiger partial charge on any atom is -0.595 e. The van der Waals surface area contributed by atoms with Gasteiger partial charge in [0.2, 0.25) is 0 Å². The lowest BCUT2D eigenvalue weighted by Crippen LogP contribution is -2.99. The maximum atomic E-state index is 10.9. The van der Waals surface area contributed by atoms with E-state index in [-0.39, 0.29) is 5.69 Å². The second-order valence-electron chi connectivity index (χ2n) is 3.81. The van der Waals surface area contributed by atoms with Gasteiger partial charge < -0.3 is 10.3 Å². The highest BCUT2D eigenvalue weighted by molar-refractivity contribution is 5.80. The Kier molecular flexibility index (Phi) is 3.09. The number of carboxylic acids is 1. The van der Waals surface area contributed by atoms with Gasteiger partial charge in [-0.1, -0.05) is 12.1 Å². The number of carbonyl (C=O) groups is 1. The van der Waals surface area contributed by atoms with Crippen LogP contribution in [0, 0.1) is 5.21 Å². The van der Waals surface area contributed by atoms with Crippen molar-refractivity contribution in [1.82, 2.24) is 0 Å². The second-order valence-corrected chi connectivity index (χ2v) is 3.81. The molecule has 0 spiro atoms. The minimum absolute atomic E-state index is 0.153. The van der Waals surface area contributed by atoms with Gasteiger partial charge in [0.25, 0.3) is 0 Å². The van der Waals surface area contributed by atoms with Gasteiger partial charge in [0.15, 0.2) is 5.69 Å². The van der Waals surface area contributed by atoms with Gasteiger partial charge in [-0.15, -0.1) is 0 Å². The Bertz CT molecular complexity index is 356. The first-order valence-corrected chi connectivity index (χ1v) is 4.43. The molecule has 15 heavy (non-hydrogen) atoms. The summed E-state index contributed by atoms with van der Waals surface area (Å²) >= 11 is 0. The van der Waals surface area contributed by atoms with E-state index >= 15 is 0 Å². The highest BCUT2D eigenvalue weighted by Crippen LogP contribution is 2.23. The zero-order chi connectivity index (χ0) is 11.6. The van der Waals surface area contributed by atoms with E-state index in [1.54, 1.807) is 13.8 Å². The lowest BCUT2D eigenvalue weighted by molar-refractivity contribution is -0.991. The third kappa shape index (κ3) is 2.33. The molecule has 0 saturated heterocycles. The second kappa shape index (κ2) is 3.98. The van der Waals surface area contributed by atoms with Crippen LogP contribution in [-0.2, 0) is 10.2 Å². The average Bonchev–Trinajstić information content (AvgIpc) is 2.17. The van der Waals surface area contributed by atoms with E-state index in [0.29, 0.717) is 5.56 Å². The summed E-state index contributed by atoms with van der Waals surface area (Å²) in [6, 6.07) is 5.86. The Balaban J connectivity index is 3.04. The SMILES string of the molecule is CC(C)(C(=O)O)c1ccc([NH+]([O-])O)cc1. The molecule has 1 rings (SSSR count). The molecule has 0 aliphatic rings. The summed E-state index contributed by atoms with van der Waals surface area (Å²) in [5.41, 5.74) is -0.267. The number of rotatable bonds is 3.